The molecule has 0 radical (unpaired) electrons. The van der Waals surface area contributed by atoms with Crippen LogP contribution in [-0.4, -0.2) is 5.25 Å². The van der Waals surface area contributed by atoms with Gasteiger partial charge in [-0.25, -0.2) is 0 Å². The summed E-state index contributed by atoms with van der Waals surface area (Å²) in [6.07, 6.45) is 2.47. The summed E-state index contributed by atoms with van der Waals surface area (Å²) >= 11 is 4.52. The summed E-state index contributed by atoms with van der Waals surface area (Å²) in [5.74, 6) is 1.58. The van der Waals surface area contributed by atoms with Gasteiger partial charge in [-0.1, -0.05) is 34.1 Å². The highest BCUT2D eigenvalue weighted by molar-refractivity contribution is 7.81. The summed E-state index contributed by atoms with van der Waals surface area (Å²) in [4.78, 5) is 0. The Balaban J connectivity index is 3.69. The minimum absolute atomic E-state index is 0.593. The topological polar surface area (TPSA) is 0 Å². The van der Waals surface area contributed by atoms with Crippen molar-refractivity contribution >= 4 is 12.6 Å². The summed E-state index contributed by atoms with van der Waals surface area (Å²) in [7, 11) is 0. The Kier molecular flexibility index (Phi) is 5.24. The molecule has 0 saturated carbocycles. The lowest BCUT2D eigenvalue weighted by atomic mass is 9.89. The quantitative estimate of drug-likeness (QED) is 0.599. The van der Waals surface area contributed by atoms with Gasteiger partial charge in [0.25, 0.3) is 0 Å². The first-order chi connectivity index (χ1) is 4.63. The Bertz CT molecular complexity index is 70.8. The van der Waals surface area contributed by atoms with Crippen LogP contribution in [0.1, 0.15) is 40.5 Å². The summed E-state index contributed by atoms with van der Waals surface area (Å²) in [5.41, 5.74) is 0. The SMILES string of the molecule is CCC(C)C(C)C(S)CC. The maximum Gasteiger partial charge on any atom is 0.00423 e. The molecule has 0 rings (SSSR count). The normalized spacial score (nSPS) is 20.1. The fourth-order valence-corrected chi connectivity index (χ4v) is 1.42. The minimum atomic E-state index is 0.593. The lowest BCUT2D eigenvalue weighted by Crippen LogP contribution is -2.17. The Morgan fingerprint density at radius 1 is 1.10 bits per heavy atom. The number of thiol groups is 1. The van der Waals surface area contributed by atoms with E-state index in [0.29, 0.717) is 5.25 Å². The van der Waals surface area contributed by atoms with Crippen molar-refractivity contribution in [2.75, 3.05) is 0 Å². The van der Waals surface area contributed by atoms with Crippen molar-refractivity contribution in [3.05, 3.63) is 0 Å². The van der Waals surface area contributed by atoms with Crippen molar-refractivity contribution < 1.29 is 0 Å². The molecule has 0 fully saturated rings. The van der Waals surface area contributed by atoms with Gasteiger partial charge in [0.05, 0.1) is 0 Å². The third-order valence-corrected chi connectivity index (χ3v) is 3.40. The van der Waals surface area contributed by atoms with Crippen molar-refractivity contribution in [2.24, 2.45) is 11.8 Å². The third-order valence-electron chi connectivity index (χ3n) is 2.57. The first-order valence-corrected chi connectivity index (χ1v) is 4.83. The van der Waals surface area contributed by atoms with E-state index in [0.717, 1.165) is 11.8 Å². The lowest BCUT2D eigenvalue weighted by Gasteiger charge is -2.23. The van der Waals surface area contributed by atoms with E-state index >= 15 is 0 Å². The monoisotopic (exact) mass is 160 g/mol. The van der Waals surface area contributed by atoms with Gasteiger partial charge in [-0.05, 0) is 18.3 Å². The van der Waals surface area contributed by atoms with Crippen molar-refractivity contribution in [1.82, 2.24) is 0 Å². The van der Waals surface area contributed by atoms with Gasteiger partial charge < -0.3 is 0 Å². The predicted octanol–water partition coefficient (Wildman–Crippen LogP) is 3.38. The largest absolute Gasteiger partial charge is 0.176 e. The molecule has 0 aliphatic carbocycles. The molecule has 0 saturated heterocycles. The van der Waals surface area contributed by atoms with Crippen LogP contribution in [0.5, 0.6) is 0 Å². The molecule has 0 N–H and O–H groups in total. The molecule has 0 amide bonds. The molecule has 0 heterocycles. The van der Waals surface area contributed by atoms with Crippen LogP contribution in [0.4, 0.5) is 0 Å². The van der Waals surface area contributed by atoms with E-state index in [9.17, 15) is 0 Å². The van der Waals surface area contributed by atoms with Gasteiger partial charge in [0.15, 0.2) is 0 Å². The highest BCUT2D eigenvalue weighted by atomic mass is 32.1. The number of rotatable bonds is 4. The van der Waals surface area contributed by atoms with Crippen LogP contribution >= 0.6 is 12.6 Å². The van der Waals surface area contributed by atoms with E-state index in [2.05, 4.69) is 40.3 Å². The maximum absolute atomic E-state index is 4.52. The molecule has 0 nitrogen and oxygen atoms in total. The van der Waals surface area contributed by atoms with Gasteiger partial charge >= 0.3 is 0 Å². The van der Waals surface area contributed by atoms with Crippen molar-refractivity contribution in [1.29, 1.82) is 0 Å². The second kappa shape index (κ2) is 5.06. The molecule has 62 valence electrons. The molecule has 10 heavy (non-hydrogen) atoms. The van der Waals surface area contributed by atoms with Crippen LogP contribution in [0.25, 0.3) is 0 Å². The summed E-state index contributed by atoms with van der Waals surface area (Å²) in [6.45, 7) is 9.06. The molecule has 3 unspecified atom stereocenters. The zero-order valence-electron chi connectivity index (χ0n) is 7.59. The zero-order chi connectivity index (χ0) is 8.15. The van der Waals surface area contributed by atoms with Gasteiger partial charge in [-0.2, -0.15) is 12.6 Å². The van der Waals surface area contributed by atoms with Gasteiger partial charge in [0, 0.05) is 5.25 Å². The van der Waals surface area contributed by atoms with Crippen LogP contribution in [0.2, 0.25) is 0 Å². The van der Waals surface area contributed by atoms with Gasteiger partial charge in [-0.15, -0.1) is 0 Å². The predicted molar refractivity (Wildman–Crippen MR) is 51.7 cm³/mol. The summed E-state index contributed by atoms with van der Waals surface area (Å²) in [5, 5.41) is 0.593. The average molecular weight is 160 g/mol. The van der Waals surface area contributed by atoms with Crippen LogP contribution in [0.15, 0.2) is 0 Å². The standard InChI is InChI=1S/C9H20S/c1-5-7(3)8(4)9(10)6-2/h7-10H,5-6H2,1-4H3. The first kappa shape index (κ1) is 10.3. The molecule has 3 atom stereocenters. The highest BCUT2D eigenvalue weighted by Crippen LogP contribution is 2.23. The van der Waals surface area contributed by atoms with E-state index in [1.54, 1.807) is 0 Å². The molecule has 0 aromatic heterocycles. The van der Waals surface area contributed by atoms with E-state index < -0.39 is 0 Å². The van der Waals surface area contributed by atoms with E-state index in [1.807, 2.05) is 0 Å². The van der Waals surface area contributed by atoms with E-state index in [-0.39, 0.29) is 0 Å². The summed E-state index contributed by atoms with van der Waals surface area (Å²) < 4.78 is 0. The zero-order valence-corrected chi connectivity index (χ0v) is 8.49. The number of hydrogen-bond donors (Lipinski definition) is 1. The average Bonchev–Trinajstić information content (AvgIpc) is 2.00. The fraction of sp³-hybridized carbons (Fsp3) is 1.00. The Labute approximate surface area is 70.8 Å². The highest BCUT2D eigenvalue weighted by Gasteiger charge is 2.16. The molecule has 1 heteroatoms. The first-order valence-electron chi connectivity index (χ1n) is 4.31. The van der Waals surface area contributed by atoms with Gasteiger partial charge in [0.2, 0.25) is 0 Å². The summed E-state index contributed by atoms with van der Waals surface area (Å²) in [6, 6.07) is 0. The molecule has 0 bridgehead atoms. The molecular weight excluding hydrogens is 140 g/mol. The molecule has 0 aromatic carbocycles. The van der Waals surface area contributed by atoms with Crippen molar-refractivity contribution in [3.8, 4) is 0 Å². The minimum Gasteiger partial charge on any atom is -0.176 e. The Morgan fingerprint density at radius 3 is 1.90 bits per heavy atom. The van der Waals surface area contributed by atoms with E-state index in [4.69, 9.17) is 0 Å². The lowest BCUT2D eigenvalue weighted by molar-refractivity contribution is 0.363. The Morgan fingerprint density at radius 2 is 1.60 bits per heavy atom. The molecule has 0 spiro atoms. The maximum atomic E-state index is 4.52. The van der Waals surface area contributed by atoms with Crippen LogP contribution in [0.3, 0.4) is 0 Å². The van der Waals surface area contributed by atoms with Crippen LogP contribution in [0, 0.1) is 11.8 Å². The fourth-order valence-electron chi connectivity index (χ4n) is 1.12. The van der Waals surface area contributed by atoms with Crippen molar-refractivity contribution in [2.45, 2.75) is 45.8 Å². The van der Waals surface area contributed by atoms with E-state index in [1.165, 1.54) is 12.8 Å². The van der Waals surface area contributed by atoms with Crippen molar-refractivity contribution in [3.63, 3.8) is 0 Å². The smallest absolute Gasteiger partial charge is 0.00423 e. The third kappa shape index (κ3) is 2.96. The Hall–Kier alpha value is 0.350. The van der Waals surface area contributed by atoms with Crippen LogP contribution < -0.4 is 0 Å². The number of hydrogen-bond acceptors (Lipinski definition) is 1. The van der Waals surface area contributed by atoms with Crippen LogP contribution in [-0.2, 0) is 0 Å². The molecule has 0 aliphatic heterocycles. The van der Waals surface area contributed by atoms with Gasteiger partial charge in [-0.3, -0.25) is 0 Å². The van der Waals surface area contributed by atoms with Gasteiger partial charge in [0.1, 0.15) is 0 Å². The molecule has 0 aromatic rings. The second-order valence-electron chi connectivity index (χ2n) is 3.22. The second-order valence-corrected chi connectivity index (χ2v) is 3.88. The molecule has 0 aliphatic rings. The molecular formula is C9H20S.